The van der Waals surface area contributed by atoms with Crippen LogP contribution in [0.4, 0.5) is 4.39 Å². The fourth-order valence-corrected chi connectivity index (χ4v) is 2.08. The highest BCUT2D eigenvalue weighted by molar-refractivity contribution is 5.92. The summed E-state index contributed by atoms with van der Waals surface area (Å²) in [5, 5.41) is 10.3. The molecule has 1 aromatic heterocycles. The second-order valence-electron chi connectivity index (χ2n) is 4.01. The molecule has 4 nitrogen and oxygen atoms in total. The van der Waals surface area contributed by atoms with Gasteiger partial charge in [0.25, 0.3) is 0 Å². The van der Waals surface area contributed by atoms with Crippen LogP contribution >= 0.6 is 0 Å². The number of carbonyl (C=O) groups is 1. The Bertz CT molecular complexity index is 604. The number of hydrogen-bond donors (Lipinski definition) is 1. The van der Waals surface area contributed by atoms with Crippen LogP contribution in [0.2, 0.25) is 0 Å². The number of halogens is 1. The molecule has 5 heteroatoms. The van der Waals surface area contributed by atoms with Crippen molar-refractivity contribution >= 4 is 16.9 Å². The van der Waals surface area contributed by atoms with Gasteiger partial charge in [0.05, 0.1) is 19.0 Å². The van der Waals surface area contributed by atoms with Crippen molar-refractivity contribution in [3.8, 4) is 5.75 Å². The average molecular weight is 251 g/mol. The Morgan fingerprint density at radius 1 is 1.50 bits per heavy atom. The van der Waals surface area contributed by atoms with E-state index in [1.54, 1.807) is 10.8 Å². The van der Waals surface area contributed by atoms with E-state index in [0.717, 1.165) is 6.07 Å². The van der Waals surface area contributed by atoms with Crippen LogP contribution in [-0.4, -0.2) is 22.8 Å². The summed E-state index contributed by atoms with van der Waals surface area (Å²) in [7, 11) is 1.31. The molecule has 18 heavy (non-hydrogen) atoms. The molecule has 0 saturated heterocycles. The summed E-state index contributed by atoms with van der Waals surface area (Å²) in [5.74, 6) is -1.05. The second kappa shape index (κ2) is 4.68. The molecule has 0 radical (unpaired) electrons. The highest BCUT2D eigenvalue weighted by Gasteiger charge is 2.16. The topological polar surface area (TPSA) is 51.5 Å². The van der Waals surface area contributed by atoms with E-state index in [1.165, 1.54) is 13.2 Å². The molecular weight excluding hydrogens is 237 g/mol. The summed E-state index contributed by atoms with van der Waals surface area (Å²) in [6, 6.07) is 2.39. The number of carbonyl (C=O) groups excluding carboxylic acids is 1. The van der Waals surface area contributed by atoms with Gasteiger partial charge in [-0.15, -0.1) is 0 Å². The summed E-state index contributed by atoms with van der Waals surface area (Å²) in [6.07, 6.45) is 1.79. The largest absolute Gasteiger partial charge is 0.507 e. The summed E-state index contributed by atoms with van der Waals surface area (Å²) in [4.78, 5) is 11.3. The third kappa shape index (κ3) is 2.03. The van der Waals surface area contributed by atoms with Gasteiger partial charge in [-0.1, -0.05) is 0 Å². The third-order valence-electron chi connectivity index (χ3n) is 2.91. The lowest BCUT2D eigenvalue weighted by Gasteiger charge is -2.02. The van der Waals surface area contributed by atoms with Crippen molar-refractivity contribution in [1.29, 1.82) is 0 Å². The SMILES string of the molecule is CCn1cc(CC(=O)OC)c2c(O)cc(F)cc21. The van der Waals surface area contributed by atoms with Gasteiger partial charge in [-0.25, -0.2) is 4.39 Å². The minimum Gasteiger partial charge on any atom is -0.507 e. The number of hydrogen-bond acceptors (Lipinski definition) is 3. The molecule has 0 unspecified atom stereocenters. The number of rotatable bonds is 3. The van der Waals surface area contributed by atoms with E-state index in [2.05, 4.69) is 4.74 Å². The van der Waals surface area contributed by atoms with E-state index in [1.807, 2.05) is 6.92 Å². The molecule has 0 saturated carbocycles. The van der Waals surface area contributed by atoms with Gasteiger partial charge in [0, 0.05) is 24.2 Å². The van der Waals surface area contributed by atoms with E-state index in [-0.39, 0.29) is 12.2 Å². The Labute approximate surface area is 104 Å². The third-order valence-corrected chi connectivity index (χ3v) is 2.91. The van der Waals surface area contributed by atoms with E-state index < -0.39 is 11.8 Å². The molecule has 0 amide bonds. The lowest BCUT2D eigenvalue weighted by Crippen LogP contribution is -2.03. The smallest absolute Gasteiger partial charge is 0.310 e. The molecule has 0 fully saturated rings. The van der Waals surface area contributed by atoms with Gasteiger partial charge in [-0.05, 0) is 18.6 Å². The van der Waals surface area contributed by atoms with Gasteiger partial charge in [0.2, 0.25) is 0 Å². The first-order valence-corrected chi connectivity index (χ1v) is 5.63. The first kappa shape index (κ1) is 12.4. The number of nitrogens with zero attached hydrogens (tertiary/aromatic N) is 1. The lowest BCUT2D eigenvalue weighted by atomic mass is 10.1. The van der Waals surface area contributed by atoms with Crippen LogP contribution in [0.1, 0.15) is 12.5 Å². The maximum atomic E-state index is 13.3. The molecule has 1 N–H and O–H groups in total. The van der Waals surface area contributed by atoms with Crippen LogP contribution in [-0.2, 0) is 22.5 Å². The highest BCUT2D eigenvalue weighted by atomic mass is 19.1. The molecule has 96 valence electrons. The summed E-state index contributed by atoms with van der Waals surface area (Å²) < 4.78 is 19.7. The number of ether oxygens (including phenoxy) is 1. The molecule has 2 aromatic rings. The van der Waals surface area contributed by atoms with Gasteiger partial charge < -0.3 is 14.4 Å². The molecule has 0 spiro atoms. The van der Waals surface area contributed by atoms with Crippen LogP contribution in [0, 0.1) is 5.82 Å². The van der Waals surface area contributed by atoms with Crippen molar-refractivity contribution in [3.05, 3.63) is 29.7 Å². The van der Waals surface area contributed by atoms with E-state index in [9.17, 15) is 14.3 Å². The van der Waals surface area contributed by atoms with Crippen LogP contribution in [0.15, 0.2) is 18.3 Å². The standard InChI is InChI=1S/C13H14FNO3/c1-3-15-7-8(4-12(17)18-2)13-10(15)5-9(14)6-11(13)16/h5-7,16H,3-4H2,1-2H3. The van der Waals surface area contributed by atoms with Crippen LogP contribution in [0.5, 0.6) is 5.75 Å². The van der Waals surface area contributed by atoms with E-state index >= 15 is 0 Å². The fourth-order valence-electron chi connectivity index (χ4n) is 2.08. The van der Waals surface area contributed by atoms with Crippen LogP contribution < -0.4 is 0 Å². The second-order valence-corrected chi connectivity index (χ2v) is 4.01. The Kier molecular flexibility index (Phi) is 3.23. The normalized spacial score (nSPS) is 10.8. The van der Waals surface area contributed by atoms with E-state index in [0.29, 0.717) is 23.0 Å². The number of methoxy groups -OCH3 is 1. The van der Waals surface area contributed by atoms with E-state index in [4.69, 9.17) is 0 Å². The van der Waals surface area contributed by atoms with Gasteiger partial charge in [-0.2, -0.15) is 0 Å². The first-order valence-electron chi connectivity index (χ1n) is 5.63. The number of aryl methyl sites for hydroxylation is 1. The number of fused-ring (bicyclic) bond motifs is 1. The summed E-state index contributed by atoms with van der Waals surface area (Å²) in [6.45, 7) is 2.53. The molecule has 0 atom stereocenters. The van der Waals surface area contributed by atoms with Crippen LogP contribution in [0.3, 0.4) is 0 Å². The minimum atomic E-state index is -0.502. The average Bonchev–Trinajstić information content (AvgIpc) is 2.67. The van der Waals surface area contributed by atoms with Crippen molar-refractivity contribution in [2.75, 3.05) is 7.11 Å². The molecule has 0 aliphatic heterocycles. The Morgan fingerprint density at radius 3 is 2.83 bits per heavy atom. The lowest BCUT2D eigenvalue weighted by molar-refractivity contribution is -0.139. The highest BCUT2D eigenvalue weighted by Crippen LogP contribution is 2.31. The summed E-state index contributed by atoms with van der Waals surface area (Å²) >= 11 is 0. The number of aromatic nitrogens is 1. The molecule has 0 bridgehead atoms. The number of phenols is 1. The van der Waals surface area contributed by atoms with Crippen molar-refractivity contribution in [3.63, 3.8) is 0 Å². The zero-order chi connectivity index (χ0) is 13.3. The molecular formula is C13H14FNO3. The van der Waals surface area contributed by atoms with Gasteiger partial charge in [-0.3, -0.25) is 4.79 Å². The van der Waals surface area contributed by atoms with Gasteiger partial charge in [0.15, 0.2) is 0 Å². The molecule has 1 heterocycles. The Balaban J connectivity index is 2.64. The maximum Gasteiger partial charge on any atom is 0.310 e. The number of esters is 1. The number of aromatic hydroxyl groups is 1. The Morgan fingerprint density at radius 2 is 2.22 bits per heavy atom. The number of benzene rings is 1. The zero-order valence-electron chi connectivity index (χ0n) is 10.2. The Hall–Kier alpha value is -2.04. The molecule has 2 rings (SSSR count). The van der Waals surface area contributed by atoms with Crippen molar-refractivity contribution in [2.24, 2.45) is 0 Å². The molecule has 0 aliphatic rings. The first-order chi connectivity index (χ1) is 8.56. The van der Waals surface area contributed by atoms with Crippen molar-refractivity contribution in [2.45, 2.75) is 19.9 Å². The quantitative estimate of drug-likeness (QED) is 0.851. The predicted octanol–water partition coefficient (Wildman–Crippen LogP) is 2.22. The minimum absolute atomic E-state index is 0.0548. The summed E-state index contributed by atoms with van der Waals surface area (Å²) in [5.41, 5.74) is 1.21. The maximum absolute atomic E-state index is 13.3. The molecule has 0 aliphatic carbocycles. The number of phenolic OH excluding ortho intramolecular Hbond substituents is 1. The predicted molar refractivity (Wildman–Crippen MR) is 65.0 cm³/mol. The van der Waals surface area contributed by atoms with Gasteiger partial charge in [0.1, 0.15) is 11.6 Å². The monoisotopic (exact) mass is 251 g/mol. The van der Waals surface area contributed by atoms with Crippen molar-refractivity contribution in [1.82, 2.24) is 4.57 Å². The molecule has 1 aromatic carbocycles. The van der Waals surface area contributed by atoms with Crippen molar-refractivity contribution < 1.29 is 19.0 Å². The van der Waals surface area contributed by atoms with Gasteiger partial charge >= 0.3 is 5.97 Å². The fraction of sp³-hybridized carbons (Fsp3) is 0.308. The zero-order valence-corrected chi connectivity index (χ0v) is 10.2. The van der Waals surface area contributed by atoms with Crippen LogP contribution in [0.25, 0.3) is 10.9 Å².